The third-order valence-corrected chi connectivity index (χ3v) is 1.26. The fraction of sp³-hybridized carbons (Fsp3) is 0.571. The van der Waals surface area contributed by atoms with E-state index in [0.29, 0.717) is 19.6 Å². The number of ether oxygens (including phenoxy) is 1. The molecular weight excluding hydrogens is 144 g/mol. The van der Waals surface area contributed by atoms with Crippen molar-refractivity contribution in [1.29, 1.82) is 0 Å². The minimum absolute atomic E-state index is 0.184. The molecule has 1 aromatic rings. The summed E-state index contributed by atoms with van der Waals surface area (Å²) in [6.07, 6.45) is 4.03. The zero-order valence-electron chi connectivity index (χ0n) is 6.29. The third kappa shape index (κ3) is 3.15. The molecule has 0 fully saturated rings. The molecule has 0 unspecified atom stereocenters. The maximum atomic E-state index is 8.42. The van der Waals surface area contributed by atoms with Gasteiger partial charge in [-0.15, -0.1) is 0 Å². The highest BCUT2D eigenvalue weighted by Gasteiger charge is 1.92. The van der Waals surface area contributed by atoms with E-state index in [4.69, 9.17) is 9.84 Å². The van der Waals surface area contributed by atoms with Gasteiger partial charge in [0.2, 0.25) is 0 Å². The van der Waals surface area contributed by atoms with Gasteiger partial charge in [0.25, 0.3) is 0 Å². The quantitative estimate of drug-likeness (QED) is 0.603. The molecule has 1 rings (SSSR count). The van der Waals surface area contributed by atoms with E-state index < -0.39 is 0 Å². The summed E-state index contributed by atoms with van der Waals surface area (Å²) in [6, 6.07) is 0. The van der Waals surface area contributed by atoms with Gasteiger partial charge in [-0.3, -0.25) is 0 Å². The average Bonchev–Trinajstić information content (AvgIpc) is 2.50. The molecular formula is C7H12N2O2. The first-order valence-electron chi connectivity index (χ1n) is 3.59. The van der Waals surface area contributed by atoms with Gasteiger partial charge in [0.1, 0.15) is 0 Å². The number of nitrogens with one attached hydrogen (secondary N) is 1. The molecule has 0 amide bonds. The van der Waals surface area contributed by atoms with Crippen LogP contribution in [0.15, 0.2) is 12.5 Å². The number of imidazole rings is 1. The minimum Gasteiger partial charge on any atom is -0.396 e. The standard InChI is InChI=1S/C7H12N2O2/c10-2-1-3-11-5-7-4-8-6-9-7/h4,6,10H,1-3,5H2,(H,8,9). The van der Waals surface area contributed by atoms with Crippen molar-refractivity contribution in [2.75, 3.05) is 13.2 Å². The van der Waals surface area contributed by atoms with Gasteiger partial charge in [-0.25, -0.2) is 4.98 Å². The maximum absolute atomic E-state index is 8.42. The first-order valence-corrected chi connectivity index (χ1v) is 3.59. The molecule has 0 aromatic carbocycles. The smallest absolute Gasteiger partial charge is 0.0922 e. The van der Waals surface area contributed by atoms with E-state index >= 15 is 0 Å². The van der Waals surface area contributed by atoms with Crippen LogP contribution in [0.2, 0.25) is 0 Å². The number of hydrogen-bond acceptors (Lipinski definition) is 3. The molecule has 0 saturated carbocycles. The highest BCUT2D eigenvalue weighted by Crippen LogP contribution is 1.94. The number of aromatic amines is 1. The van der Waals surface area contributed by atoms with Gasteiger partial charge in [0.05, 0.1) is 24.8 Å². The Hall–Kier alpha value is -0.870. The molecule has 0 radical (unpaired) electrons. The Morgan fingerprint density at radius 2 is 2.55 bits per heavy atom. The van der Waals surface area contributed by atoms with Crippen LogP contribution in [-0.2, 0) is 11.3 Å². The molecule has 0 saturated heterocycles. The summed E-state index contributed by atoms with van der Waals surface area (Å²) in [5.74, 6) is 0. The Morgan fingerprint density at radius 3 is 3.18 bits per heavy atom. The molecule has 0 bridgehead atoms. The minimum atomic E-state index is 0.184. The number of aliphatic hydroxyl groups excluding tert-OH is 1. The van der Waals surface area contributed by atoms with Crippen molar-refractivity contribution in [3.63, 3.8) is 0 Å². The zero-order valence-corrected chi connectivity index (χ0v) is 6.29. The van der Waals surface area contributed by atoms with Gasteiger partial charge in [0.15, 0.2) is 0 Å². The Bertz CT molecular complexity index is 175. The molecule has 11 heavy (non-hydrogen) atoms. The van der Waals surface area contributed by atoms with E-state index in [9.17, 15) is 0 Å². The van der Waals surface area contributed by atoms with Crippen LogP contribution >= 0.6 is 0 Å². The average molecular weight is 156 g/mol. The highest BCUT2D eigenvalue weighted by molar-refractivity contribution is 4.91. The van der Waals surface area contributed by atoms with Crippen molar-refractivity contribution in [1.82, 2.24) is 9.97 Å². The molecule has 4 nitrogen and oxygen atoms in total. The van der Waals surface area contributed by atoms with Crippen LogP contribution in [0.3, 0.4) is 0 Å². The second kappa shape index (κ2) is 4.87. The monoisotopic (exact) mass is 156 g/mol. The second-order valence-corrected chi connectivity index (χ2v) is 2.21. The van der Waals surface area contributed by atoms with Crippen LogP contribution in [0.1, 0.15) is 12.1 Å². The van der Waals surface area contributed by atoms with E-state index in [-0.39, 0.29) is 6.61 Å². The summed E-state index contributed by atoms with van der Waals surface area (Å²) in [5.41, 5.74) is 0.961. The molecule has 62 valence electrons. The predicted octanol–water partition coefficient (Wildman–Crippen LogP) is 0.309. The molecule has 1 heterocycles. The van der Waals surface area contributed by atoms with Crippen molar-refractivity contribution in [2.45, 2.75) is 13.0 Å². The van der Waals surface area contributed by atoms with E-state index in [1.165, 1.54) is 0 Å². The molecule has 2 N–H and O–H groups in total. The third-order valence-electron chi connectivity index (χ3n) is 1.26. The van der Waals surface area contributed by atoms with Crippen molar-refractivity contribution < 1.29 is 9.84 Å². The van der Waals surface area contributed by atoms with Crippen molar-refractivity contribution in [2.24, 2.45) is 0 Å². The Labute approximate surface area is 65.2 Å². The Balaban J connectivity index is 2.04. The molecule has 1 aromatic heterocycles. The van der Waals surface area contributed by atoms with E-state index in [1.54, 1.807) is 12.5 Å². The van der Waals surface area contributed by atoms with Crippen LogP contribution in [-0.4, -0.2) is 28.3 Å². The first-order chi connectivity index (χ1) is 5.43. The zero-order chi connectivity index (χ0) is 7.94. The fourth-order valence-corrected chi connectivity index (χ4v) is 0.712. The lowest BCUT2D eigenvalue weighted by Crippen LogP contribution is -1.97. The molecule has 0 aliphatic rings. The van der Waals surface area contributed by atoms with Crippen LogP contribution in [0.25, 0.3) is 0 Å². The number of H-pyrrole nitrogens is 1. The summed E-state index contributed by atoms with van der Waals surface area (Å²) in [7, 11) is 0. The van der Waals surface area contributed by atoms with E-state index in [0.717, 1.165) is 5.69 Å². The van der Waals surface area contributed by atoms with Gasteiger partial charge >= 0.3 is 0 Å². The summed E-state index contributed by atoms with van der Waals surface area (Å²) in [4.78, 5) is 6.75. The lowest BCUT2D eigenvalue weighted by molar-refractivity contribution is 0.102. The van der Waals surface area contributed by atoms with Crippen LogP contribution in [0.5, 0.6) is 0 Å². The molecule has 0 aliphatic carbocycles. The van der Waals surface area contributed by atoms with Crippen LogP contribution in [0, 0.1) is 0 Å². The van der Waals surface area contributed by atoms with Crippen molar-refractivity contribution >= 4 is 0 Å². The number of hydrogen-bond donors (Lipinski definition) is 2. The SMILES string of the molecule is OCCCOCc1cnc[nH]1. The molecule has 0 aliphatic heterocycles. The van der Waals surface area contributed by atoms with Gasteiger partial charge in [-0.1, -0.05) is 0 Å². The van der Waals surface area contributed by atoms with Crippen LogP contribution < -0.4 is 0 Å². The number of aromatic nitrogens is 2. The van der Waals surface area contributed by atoms with Crippen molar-refractivity contribution in [3.8, 4) is 0 Å². The number of rotatable bonds is 5. The Morgan fingerprint density at radius 1 is 1.64 bits per heavy atom. The van der Waals surface area contributed by atoms with Gasteiger partial charge in [0, 0.05) is 13.2 Å². The van der Waals surface area contributed by atoms with Crippen LogP contribution in [0.4, 0.5) is 0 Å². The van der Waals surface area contributed by atoms with E-state index in [2.05, 4.69) is 9.97 Å². The summed E-state index contributed by atoms with van der Waals surface area (Å²) < 4.78 is 5.19. The largest absolute Gasteiger partial charge is 0.396 e. The molecule has 0 spiro atoms. The Kier molecular flexibility index (Phi) is 3.64. The molecule has 4 heteroatoms. The fourth-order valence-electron chi connectivity index (χ4n) is 0.712. The van der Waals surface area contributed by atoms with Crippen molar-refractivity contribution in [3.05, 3.63) is 18.2 Å². The number of aliphatic hydroxyl groups is 1. The topological polar surface area (TPSA) is 58.1 Å². The summed E-state index contributed by atoms with van der Waals surface area (Å²) >= 11 is 0. The lowest BCUT2D eigenvalue weighted by atomic mass is 10.5. The molecule has 0 atom stereocenters. The summed E-state index contributed by atoms with van der Waals surface area (Å²) in [5, 5.41) is 8.42. The lowest BCUT2D eigenvalue weighted by Gasteiger charge is -1.98. The normalized spacial score (nSPS) is 10.3. The second-order valence-electron chi connectivity index (χ2n) is 2.21. The highest BCUT2D eigenvalue weighted by atomic mass is 16.5. The van der Waals surface area contributed by atoms with Gasteiger partial charge in [-0.05, 0) is 6.42 Å². The maximum Gasteiger partial charge on any atom is 0.0922 e. The number of nitrogens with zero attached hydrogens (tertiary/aromatic N) is 1. The summed E-state index contributed by atoms with van der Waals surface area (Å²) in [6.45, 7) is 1.32. The predicted molar refractivity (Wildman–Crippen MR) is 39.9 cm³/mol. The van der Waals surface area contributed by atoms with E-state index in [1.807, 2.05) is 0 Å². The van der Waals surface area contributed by atoms with Gasteiger partial charge in [-0.2, -0.15) is 0 Å². The first kappa shape index (κ1) is 8.23. The van der Waals surface area contributed by atoms with Gasteiger partial charge < -0.3 is 14.8 Å².